The zero-order valence-corrected chi connectivity index (χ0v) is 11.0. The maximum atomic E-state index is 5.55. The Balaban J connectivity index is 1.99. The highest BCUT2D eigenvalue weighted by Gasteiger charge is 2.00. The van der Waals surface area contributed by atoms with Gasteiger partial charge in [0.2, 0.25) is 0 Å². The molecular weight excluding hydrogens is 292 g/mol. The van der Waals surface area contributed by atoms with E-state index < -0.39 is 0 Å². The SMILES string of the molecule is Nc1csc(CSc2cccc(Br)c2)n1. The average Bonchev–Trinajstić information content (AvgIpc) is 2.62. The smallest absolute Gasteiger partial charge is 0.134 e. The first-order valence-electron chi connectivity index (χ1n) is 4.32. The van der Waals surface area contributed by atoms with Gasteiger partial charge in [0, 0.05) is 14.7 Å². The fraction of sp³-hybridized carbons (Fsp3) is 0.100. The zero-order valence-electron chi connectivity index (χ0n) is 7.81. The molecule has 15 heavy (non-hydrogen) atoms. The van der Waals surface area contributed by atoms with E-state index in [1.54, 1.807) is 23.1 Å². The van der Waals surface area contributed by atoms with Crippen LogP contribution < -0.4 is 5.73 Å². The van der Waals surface area contributed by atoms with E-state index >= 15 is 0 Å². The molecule has 2 N–H and O–H groups in total. The summed E-state index contributed by atoms with van der Waals surface area (Å²) in [5.41, 5.74) is 5.55. The van der Waals surface area contributed by atoms with Crippen molar-refractivity contribution in [2.24, 2.45) is 0 Å². The van der Waals surface area contributed by atoms with Gasteiger partial charge in [0.1, 0.15) is 10.8 Å². The standard InChI is InChI=1S/C10H9BrN2S2/c11-7-2-1-3-8(4-7)14-6-10-13-9(12)5-15-10/h1-5H,6,12H2. The van der Waals surface area contributed by atoms with Crippen LogP contribution in [0.2, 0.25) is 0 Å². The normalized spacial score (nSPS) is 10.5. The third-order valence-corrected chi connectivity index (χ3v) is 4.28. The molecule has 0 aliphatic heterocycles. The van der Waals surface area contributed by atoms with Crippen molar-refractivity contribution in [3.8, 4) is 0 Å². The van der Waals surface area contributed by atoms with E-state index in [0.717, 1.165) is 15.2 Å². The minimum Gasteiger partial charge on any atom is -0.383 e. The molecule has 0 saturated carbocycles. The van der Waals surface area contributed by atoms with Crippen LogP contribution in [0.5, 0.6) is 0 Å². The number of nitrogens with zero attached hydrogens (tertiary/aromatic N) is 1. The first-order valence-corrected chi connectivity index (χ1v) is 6.98. The monoisotopic (exact) mass is 300 g/mol. The second-order valence-electron chi connectivity index (χ2n) is 2.91. The maximum Gasteiger partial charge on any atom is 0.134 e. The predicted molar refractivity (Wildman–Crippen MR) is 70.2 cm³/mol. The molecule has 5 heteroatoms. The number of nitrogens with two attached hydrogens (primary N) is 1. The summed E-state index contributed by atoms with van der Waals surface area (Å²) >= 11 is 6.81. The van der Waals surface area contributed by atoms with Crippen LogP contribution in [0.1, 0.15) is 5.01 Å². The highest BCUT2D eigenvalue weighted by atomic mass is 79.9. The molecule has 0 fully saturated rings. The fourth-order valence-electron chi connectivity index (χ4n) is 1.09. The van der Waals surface area contributed by atoms with Crippen molar-refractivity contribution in [3.63, 3.8) is 0 Å². The minimum absolute atomic E-state index is 0.616. The van der Waals surface area contributed by atoms with Crippen LogP contribution in [0.4, 0.5) is 5.82 Å². The molecule has 0 unspecified atom stereocenters. The number of benzene rings is 1. The third-order valence-electron chi connectivity index (χ3n) is 1.73. The Bertz CT molecular complexity index is 456. The molecule has 2 nitrogen and oxygen atoms in total. The second kappa shape index (κ2) is 5.01. The number of anilines is 1. The summed E-state index contributed by atoms with van der Waals surface area (Å²) in [6.07, 6.45) is 0. The zero-order chi connectivity index (χ0) is 10.7. The highest BCUT2D eigenvalue weighted by molar-refractivity contribution is 9.10. The van der Waals surface area contributed by atoms with E-state index in [9.17, 15) is 0 Å². The molecular formula is C10H9BrN2S2. The van der Waals surface area contributed by atoms with Crippen molar-refractivity contribution in [1.82, 2.24) is 4.98 Å². The largest absolute Gasteiger partial charge is 0.383 e. The van der Waals surface area contributed by atoms with Crippen molar-refractivity contribution in [2.45, 2.75) is 10.6 Å². The van der Waals surface area contributed by atoms with E-state index in [0.29, 0.717) is 5.82 Å². The molecule has 2 aromatic rings. The first kappa shape index (κ1) is 11.0. The second-order valence-corrected chi connectivity index (χ2v) is 5.82. The summed E-state index contributed by atoms with van der Waals surface area (Å²) in [7, 11) is 0. The molecule has 78 valence electrons. The average molecular weight is 301 g/mol. The molecule has 1 heterocycles. The summed E-state index contributed by atoms with van der Waals surface area (Å²) in [5.74, 6) is 1.49. The number of rotatable bonds is 3. The number of halogens is 1. The molecule has 2 rings (SSSR count). The number of hydrogen-bond acceptors (Lipinski definition) is 4. The van der Waals surface area contributed by atoms with Gasteiger partial charge in [0.15, 0.2) is 0 Å². The lowest BCUT2D eigenvalue weighted by atomic mass is 10.4. The number of thioether (sulfide) groups is 1. The maximum absolute atomic E-state index is 5.55. The summed E-state index contributed by atoms with van der Waals surface area (Å²) in [6.45, 7) is 0. The van der Waals surface area contributed by atoms with Crippen LogP contribution in [-0.4, -0.2) is 4.98 Å². The fourth-order valence-corrected chi connectivity index (χ4v) is 3.30. The van der Waals surface area contributed by atoms with Gasteiger partial charge < -0.3 is 5.73 Å². The number of aromatic nitrogens is 1. The van der Waals surface area contributed by atoms with E-state index in [4.69, 9.17) is 5.73 Å². The van der Waals surface area contributed by atoms with Crippen LogP contribution >= 0.6 is 39.0 Å². The van der Waals surface area contributed by atoms with Gasteiger partial charge in [-0.1, -0.05) is 22.0 Å². The van der Waals surface area contributed by atoms with Gasteiger partial charge in [0.05, 0.1) is 5.75 Å². The van der Waals surface area contributed by atoms with Crippen molar-refractivity contribution >= 4 is 44.8 Å². The molecule has 1 aromatic heterocycles. The van der Waals surface area contributed by atoms with Gasteiger partial charge in [-0.2, -0.15) is 0 Å². The Morgan fingerprint density at radius 2 is 2.33 bits per heavy atom. The highest BCUT2D eigenvalue weighted by Crippen LogP contribution is 2.26. The summed E-state index contributed by atoms with van der Waals surface area (Å²) in [6, 6.07) is 8.24. The topological polar surface area (TPSA) is 38.9 Å². The lowest BCUT2D eigenvalue weighted by Crippen LogP contribution is -1.84. The summed E-state index contributed by atoms with van der Waals surface area (Å²) < 4.78 is 1.10. The molecule has 0 amide bonds. The van der Waals surface area contributed by atoms with Crippen molar-refractivity contribution < 1.29 is 0 Å². The number of thiazole rings is 1. The third kappa shape index (κ3) is 3.22. The van der Waals surface area contributed by atoms with Crippen molar-refractivity contribution in [2.75, 3.05) is 5.73 Å². The van der Waals surface area contributed by atoms with Crippen LogP contribution in [-0.2, 0) is 5.75 Å². The quantitative estimate of drug-likeness (QED) is 0.877. The summed E-state index contributed by atoms with van der Waals surface area (Å²) in [4.78, 5) is 5.45. The van der Waals surface area contributed by atoms with Gasteiger partial charge in [-0.05, 0) is 18.2 Å². The van der Waals surface area contributed by atoms with Crippen LogP contribution in [0.3, 0.4) is 0 Å². The lowest BCUT2D eigenvalue weighted by molar-refractivity contribution is 1.27. The van der Waals surface area contributed by atoms with Crippen molar-refractivity contribution in [1.29, 1.82) is 0 Å². The van der Waals surface area contributed by atoms with E-state index in [-0.39, 0.29) is 0 Å². The Kier molecular flexibility index (Phi) is 3.66. The van der Waals surface area contributed by atoms with Gasteiger partial charge in [0.25, 0.3) is 0 Å². The van der Waals surface area contributed by atoms with Crippen LogP contribution in [0.25, 0.3) is 0 Å². The lowest BCUT2D eigenvalue weighted by Gasteiger charge is -1.99. The molecule has 1 aromatic carbocycles. The molecule has 0 aliphatic rings. The minimum atomic E-state index is 0.616. The van der Waals surface area contributed by atoms with Gasteiger partial charge >= 0.3 is 0 Å². The van der Waals surface area contributed by atoms with E-state index in [1.807, 2.05) is 17.5 Å². The Hall–Kier alpha value is -0.520. The number of hydrogen-bond donors (Lipinski definition) is 1. The molecule has 0 saturated heterocycles. The van der Waals surface area contributed by atoms with Gasteiger partial charge in [-0.3, -0.25) is 0 Å². The van der Waals surface area contributed by atoms with Gasteiger partial charge in [-0.25, -0.2) is 4.98 Å². The molecule has 0 atom stereocenters. The van der Waals surface area contributed by atoms with Crippen LogP contribution in [0, 0.1) is 0 Å². The predicted octanol–water partition coefficient (Wildman–Crippen LogP) is 3.78. The Labute approximate surface area is 105 Å². The molecule has 0 radical (unpaired) electrons. The first-order chi connectivity index (χ1) is 7.24. The Morgan fingerprint density at radius 3 is 3.00 bits per heavy atom. The molecule has 0 aliphatic carbocycles. The number of nitrogen functional groups attached to an aromatic ring is 1. The van der Waals surface area contributed by atoms with Gasteiger partial charge in [-0.15, -0.1) is 23.1 Å². The van der Waals surface area contributed by atoms with Crippen LogP contribution in [0.15, 0.2) is 39.0 Å². The van der Waals surface area contributed by atoms with E-state index in [1.165, 1.54) is 4.90 Å². The van der Waals surface area contributed by atoms with Crippen molar-refractivity contribution in [3.05, 3.63) is 39.1 Å². The molecule has 0 spiro atoms. The van der Waals surface area contributed by atoms with E-state index in [2.05, 4.69) is 33.0 Å². The Morgan fingerprint density at radius 1 is 1.47 bits per heavy atom. The summed E-state index contributed by atoms with van der Waals surface area (Å²) in [5, 5.41) is 2.94. The molecule has 0 bridgehead atoms.